The Hall–Kier alpha value is -3.18. The van der Waals surface area contributed by atoms with E-state index >= 15 is 0 Å². The van der Waals surface area contributed by atoms with Gasteiger partial charge < -0.3 is 9.84 Å². The summed E-state index contributed by atoms with van der Waals surface area (Å²) >= 11 is 5.88. The molecule has 1 amide bonds. The van der Waals surface area contributed by atoms with Gasteiger partial charge in [0.15, 0.2) is 0 Å². The first-order valence-corrected chi connectivity index (χ1v) is 8.92. The van der Waals surface area contributed by atoms with E-state index in [1.54, 1.807) is 12.1 Å². The van der Waals surface area contributed by atoms with Gasteiger partial charge >= 0.3 is 0 Å². The van der Waals surface area contributed by atoms with Gasteiger partial charge in [-0.25, -0.2) is 0 Å². The molecule has 1 heterocycles. The minimum absolute atomic E-state index is 0.100. The third-order valence-corrected chi connectivity index (χ3v) is 4.42. The van der Waals surface area contributed by atoms with E-state index in [4.69, 9.17) is 16.1 Å². The minimum atomic E-state index is -0.100. The molecule has 0 spiro atoms. The number of aromatic nitrogens is 2. The molecule has 0 aliphatic rings. The molecule has 0 saturated heterocycles. The number of carbonyl (C=O) groups excluding carboxylic acids is 1. The van der Waals surface area contributed by atoms with Crippen LogP contribution in [0.25, 0.3) is 22.2 Å². The van der Waals surface area contributed by atoms with Crippen LogP contribution in [0.15, 0.2) is 71.3 Å². The molecule has 4 aromatic rings. The largest absolute Gasteiger partial charge is 0.339 e. The number of halogens is 1. The highest BCUT2D eigenvalue weighted by atomic mass is 35.5. The van der Waals surface area contributed by atoms with E-state index in [0.29, 0.717) is 23.2 Å². The fourth-order valence-corrected chi connectivity index (χ4v) is 2.91. The number of benzene rings is 3. The number of hydrogen-bond acceptors (Lipinski definition) is 4. The number of aryl methyl sites for hydroxylation is 1. The number of carbonyl (C=O) groups is 1. The Balaban J connectivity index is 1.37. The smallest absolute Gasteiger partial charge is 0.227 e. The highest BCUT2D eigenvalue weighted by Crippen LogP contribution is 2.20. The second-order valence-corrected chi connectivity index (χ2v) is 6.57. The number of anilines is 1. The molecule has 0 radical (unpaired) electrons. The van der Waals surface area contributed by atoms with Crippen LogP contribution in [-0.4, -0.2) is 16.0 Å². The van der Waals surface area contributed by atoms with Crippen LogP contribution in [0.3, 0.4) is 0 Å². The number of rotatable bonds is 5. The lowest BCUT2D eigenvalue weighted by molar-refractivity contribution is -0.116. The predicted molar refractivity (Wildman–Crippen MR) is 106 cm³/mol. The molecule has 5 nitrogen and oxygen atoms in total. The Morgan fingerprint density at radius 3 is 2.59 bits per heavy atom. The molecular weight excluding hydrogens is 362 g/mol. The number of hydrogen-bond donors (Lipinski definition) is 1. The van der Waals surface area contributed by atoms with Crippen LogP contribution < -0.4 is 5.32 Å². The van der Waals surface area contributed by atoms with Crippen LogP contribution >= 0.6 is 11.6 Å². The second-order valence-electron chi connectivity index (χ2n) is 6.13. The summed E-state index contributed by atoms with van der Waals surface area (Å²) in [7, 11) is 0. The number of nitrogens with zero attached hydrogens (tertiary/aromatic N) is 2. The van der Waals surface area contributed by atoms with Crippen molar-refractivity contribution < 1.29 is 9.32 Å². The Labute approximate surface area is 161 Å². The van der Waals surface area contributed by atoms with E-state index in [-0.39, 0.29) is 12.3 Å². The normalized spacial score (nSPS) is 10.9. The summed E-state index contributed by atoms with van der Waals surface area (Å²) in [4.78, 5) is 16.5. The van der Waals surface area contributed by atoms with Crippen LogP contribution in [0.2, 0.25) is 5.02 Å². The quantitative estimate of drug-likeness (QED) is 0.524. The van der Waals surface area contributed by atoms with Gasteiger partial charge in [0, 0.05) is 29.1 Å². The molecule has 0 unspecified atom stereocenters. The van der Waals surface area contributed by atoms with Gasteiger partial charge in [-0.2, -0.15) is 4.98 Å². The standard InChI is InChI=1S/C21H16ClN3O2/c22-17-8-5-15(6-9-17)21-24-20(27-25-21)12-11-19(26)23-18-10-7-14-3-1-2-4-16(14)13-18/h1-10,13H,11-12H2,(H,23,26). The van der Waals surface area contributed by atoms with Gasteiger partial charge in [0.2, 0.25) is 17.6 Å². The third kappa shape index (κ3) is 4.15. The lowest BCUT2D eigenvalue weighted by atomic mass is 10.1. The van der Waals surface area contributed by atoms with Crippen molar-refractivity contribution in [2.75, 3.05) is 5.32 Å². The van der Waals surface area contributed by atoms with E-state index in [9.17, 15) is 4.79 Å². The first-order chi connectivity index (χ1) is 13.2. The van der Waals surface area contributed by atoms with Gasteiger partial charge in [0.1, 0.15) is 0 Å². The van der Waals surface area contributed by atoms with E-state index in [1.165, 1.54) is 0 Å². The molecule has 6 heteroatoms. The van der Waals surface area contributed by atoms with E-state index in [2.05, 4.69) is 15.5 Å². The Morgan fingerprint density at radius 2 is 1.78 bits per heavy atom. The molecule has 134 valence electrons. The summed E-state index contributed by atoms with van der Waals surface area (Å²) in [5.41, 5.74) is 1.58. The fourth-order valence-electron chi connectivity index (χ4n) is 2.78. The predicted octanol–water partition coefficient (Wildman–Crippen LogP) is 5.11. The maximum atomic E-state index is 12.2. The zero-order chi connectivity index (χ0) is 18.6. The third-order valence-electron chi connectivity index (χ3n) is 4.17. The summed E-state index contributed by atoms with van der Waals surface area (Å²) in [6.45, 7) is 0. The van der Waals surface area contributed by atoms with Crippen molar-refractivity contribution in [2.24, 2.45) is 0 Å². The maximum absolute atomic E-state index is 12.2. The summed E-state index contributed by atoms with van der Waals surface area (Å²) in [6.07, 6.45) is 0.634. The summed E-state index contributed by atoms with van der Waals surface area (Å²) in [5.74, 6) is 0.807. The van der Waals surface area contributed by atoms with Crippen molar-refractivity contribution in [3.05, 3.63) is 77.6 Å². The maximum Gasteiger partial charge on any atom is 0.227 e. The second kappa shape index (κ2) is 7.60. The van der Waals surface area contributed by atoms with E-state index in [1.807, 2.05) is 54.6 Å². The van der Waals surface area contributed by atoms with Gasteiger partial charge in [-0.1, -0.05) is 47.1 Å². The first-order valence-electron chi connectivity index (χ1n) is 8.54. The van der Waals surface area contributed by atoms with Crippen LogP contribution in [0.4, 0.5) is 5.69 Å². The molecule has 1 N–H and O–H groups in total. The van der Waals surface area contributed by atoms with Gasteiger partial charge in [0.05, 0.1) is 0 Å². The van der Waals surface area contributed by atoms with Crippen molar-refractivity contribution in [1.29, 1.82) is 0 Å². The minimum Gasteiger partial charge on any atom is -0.339 e. The average molecular weight is 378 g/mol. The topological polar surface area (TPSA) is 68.0 Å². The SMILES string of the molecule is O=C(CCc1nc(-c2ccc(Cl)cc2)no1)Nc1ccc2ccccc2c1. The number of amides is 1. The first kappa shape index (κ1) is 17.2. The molecule has 3 aromatic carbocycles. The summed E-state index contributed by atoms with van der Waals surface area (Å²) in [5, 5.41) is 9.72. The molecular formula is C21H16ClN3O2. The molecule has 1 aromatic heterocycles. The van der Waals surface area contributed by atoms with Crippen molar-refractivity contribution in [2.45, 2.75) is 12.8 Å². The molecule has 0 aliphatic heterocycles. The van der Waals surface area contributed by atoms with Crippen molar-refractivity contribution in [1.82, 2.24) is 10.1 Å². The highest BCUT2D eigenvalue weighted by Gasteiger charge is 2.11. The Bertz CT molecular complexity index is 1090. The summed E-state index contributed by atoms with van der Waals surface area (Å²) in [6, 6.07) is 21.0. The summed E-state index contributed by atoms with van der Waals surface area (Å²) < 4.78 is 5.23. The molecule has 0 bridgehead atoms. The highest BCUT2D eigenvalue weighted by molar-refractivity contribution is 6.30. The Morgan fingerprint density at radius 1 is 1.00 bits per heavy atom. The zero-order valence-corrected chi connectivity index (χ0v) is 15.1. The number of fused-ring (bicyclic) bond motifs is 1. The van der Waals surface area contributed by atoms with E-state index in [0.717, 1.165) is 22.0 Å². The van der Waals surface area contributed by atoms with Crippen LogP contribution in [-0.2, 0) is 11.2 Å². The van der Waals surface area contributed by atoms with Crippen LogP contribution in [0.5, 0.6) is 0 Å². The van der Waals surface area contributed by atoms with Gasteiger partial charge in [0.25, 0.3) is 0 Å². The lowest BCUT2D eigenvalue weighted by Gasteiger charge is -2.05. The van der Waals surface area contributed by atoms with Crippen molar-refractivity contribution >= 4 is 34.0 Å². The average Bonchev–Trinajstić information content (AvgIpc) is 3.16. The molecule has 0 saturated carbocycles. The molecule has 4 rings (SSSR count). The van der Waals surface area contributed by atoms with Crippen molar-refractivity contribution in [3.63, 3.8) is 0 Å². The van der Waals surface area contributed by atoms with Gasteiger partial charge in [-0.3, -0.25) is 4.79 Å². The lowest BCUT2D eigenvalue weighted by Crippen LogP contribution is -2.12. The monoisotopic (exact) mass is 377 g/mol. The molecule has 0 atom stereocenters. The van der Waals surface area contributed by atoms with Crippen LogP contribution in [0, 0.1) is 0 Å². The molecule has 0 fully saturated rings. The fraction of sp³-hybridized carbons (Fsp3) is 0.0952. The van der Waals surface area contributed by atoms with Crippen LogP contribution in [0.1, 0.15) is 12.3 Å². The van der Waals surface area contributed by atoms with E-state index < -0.39 is 0 Å². The number of nitrogens with one attached hydrogen (secondary N) is 1. The molecule has 27 heavy (non-hydrogen) atoms. The van der Waals surface area contributed by atoms with Crippen molar-refractivity contribution in [3.8, 4) is 11.4 Å². The molecule has 0 aliphatic carbocycles. The van der Waals surface area contributed by atoms with Gasteiger partial charge in [-0.05, 0) is 47.2 Å². The Kier molecular flexibility index (Phi) is 4.85. The van der Waals surface area contributed by atoms with Gasteiger partial charge in [-0.15, -0.1) is 0 Å². The zero-order valence-electron chi connectivity index (χ0n) is 14.4.